The minimum Gasteiger partial charge on any atom is 0 e. The van der Waals surface area contributed by atoms with Gasteiger partial charge < -0.3 is 0 Å². The van der Waals surface area contributed by atoms with Crippen LogP contribution >= 0.6 is 0 Å². The van der Waals surface area contributed by atoms with Crippen molar-refractivity contribution in [2.45, 2.75) is 0 Å². The average Bonchev–Trinajstić information content (AvgIpc) is 0. The van der Waals surface area contributed by atoms with E-state index in [-0.39, 0.29) is 105 Å². The number of rotatable bonds is 0. The third-order valence-corrected chi connectivity index (χ3v) is 0. The molecule has 0 aliphatic carbocycles. The Morgan fingerprint density at radius 3 is 1.00 bits per heavy atom. The summed E-state index contributed by atoms with van der Waals surface area (Å²) in [6.07, 6.45) is 0. The molecule has 2 radical (unpaired) electrons. The SMILES string of the molecule is [Cu].[Mn].[NaH].[Ti].[Zn]. The molecule has 5 heavy (non-hydrogen) atoms. The van der Waals surface area contributed by atoms with E-state index in [1.54, 1.807) is 0 Å². The van der Waals surface area contributed by atoms with Crippen molar-refractivity contribution in [2.24, 2.45) is 0 Å². The van der Waals surface area contributed by atoms with E-state index in [0.29, 0.717) is 0 Å². The van der Waals surface area contributed by atoms with Crippen LogP contribution in [0.5, 0.6) is 0 Å². The molecule has 0 aromatic carbocycles. The maximum Gasteiger partial charge on any atom is 0 e. The predicted octanol–water partition coefficient (Wildman–Crippen LogP) is -0.659. The molecule has 0 amide bonds. The molecule has 0 unspecified atom stereocenters. The van der Waals surface area contributed by atoms with E-state index in [4.69, 9.17) is 0 Å². The second-order valence-corrected chi connectivity index (χ2v) is 0. The Hall–Kier alpha value is 3.38. The van der Waals surface area contributed by atoms with E-state index in [1.165, 1.54) is 0 Å². The molecular weight excluding hydrogens is 255 g/mol. The topological polar surface area (TPSA) is 0 Å². The average molecular weight is 256 g/mol. The Morgan fingerprint density at radius 1 is 1.00 bits per heavy atom. The van der Waals surface area contributed by atoms with E-state index in [0.717, 1.165) is 0 Å². The molecule has 0 spiro atoms. The van der Waals surface area contributed by atoms with E-state index in [1.807, 2.05) is 0 Å². The zero-order valence-electron chi connectivity index (χ0n) is 1.89. The van der Waals surface area contributed by atoms with Gasteiger partial charge in [0.15, 0.2) is 0 Å². The molecule has 0 aromatic rings. The van der Waals surface area contributed by atoms with Gasteiger partial charge in [0, 0.05) is 75.3 Å². The minimum atomic E-state index is 0. The molecule has 0 atom stereocenters. The molecule has 0 saturated carbocycles. The standard InChI is InChI=1S/Cu.Mn.Na.Ti.Zn.H. The molecule has 0 aliphatic rings. The third-order valence-electron chi connectivity index (χ3n) is 0. The quantitative estimate of drug-likeness (QED) is 0.505. The molecule has 0 nitrogen and oxygen atoms in total. The Balaban J connectivity index is 0. The summed E-state index contributed by atoms with van der Waals surface area (Å²) in [5.74, 6) is 0. The summed E-state index contributed by atoms with van der Waals surface area (Å²) in [5.41, 5.74) is 0. The third kappa shape index (κ3) is 18.7. The Bertz CT molecular complexity index is 11.6. The van der Waals surface area contributed by atoms with Crippen LogP contribution in [0, 0.1) is 0 Å². The van der Waals surface area contributed by atoms with Gasteiger partial charge >= 0.3 is 29.6 Å². The van der Waals surface area contributed by atoms with Crippen molar-refractivity contribution in [3.8, 4) is 0 Å². The molecule has 0 aromatic heterocycles. The van der Waals surface area contributed by atoms with E-state index in [9.17, 15) is 0 Å². The van der Waals surface area contributed by atoms with Crippen molar-refractivity contribution in [2.75, 3.05) is 0 Å². The Kier molecular flexibility index (Phi) is 210. The summed E-state index contributed by atoms with van der Waals surface area (Å²) < 4.78 is 0. The molecular formula is HCuMnNaTiZn. The Morgan fingerprint density at radius 2 is 1.00 bits per heavy atom. The summed E-state index contributed by atoms with van der Waals surface area (Å²) in [4.78, 5) is 0. The molecule has 26 valence electrons. The van der Waals surface area contributed by atoms with Crippen molar-refractivity contribution < 1.29 is 75.3 Å². The zero-order chi connectivity index (χ0) is 0. The van der Waals surface area contributed by atoms with Crippen LogP contribution < -0.4 is 0 Å². The maximum atomic E-state index is 0. The van der Waals surface area contributed by atoms with Crippen molar-refractivity contribution in [3.63, 3.8) is 0 Å². The van der Waals surface area contributed by atoms with Crippen LogP contribution in [0.2, 0.25) is 0 Å². The van der Waals surface area contributed by atoms with Crippen LogP contribution in [-0.4, -0.2) is 29.6 Å². The van der Waals surface area contributed by atoms with Gasteiger partial charge in [-0.25, -0.2) is 0 Å². The van der Waals surface area contributed by atoms with Crippen LogP contribution in [0.25, 0.3) is 0 Å². The maximum absolute atomic E-state index is 0. The molecule has 0 fully saturated rings. The van der Waals surface area contributed by atoms with Crippen molar-refractivity contribution in [3.05, 3.63) is 0 Å². The van der Waals surface area contributed by atoms with Gasteiger partial charge in [-0.1, -0.05) is 0 Å². The van der Waals surface area contributed by atoms with E-state index in [2.05, 4.69) is 0 Å². The largest absolute Gasteiger partial charge is 0 e. The fourth-order valence-electron chi connectivity index (χ4n) is 0. The van der Waals surface area contributed by atoms with Gasteiger partial charge in [-0.15, -0.1) is 0 Å². The molecule has 0 saturated heterocycles. The van der Waals surface area contributed by atoms with Crippen molar-refractivity contribution in [1.29, 1.82) is 0 Å². The van der Waals surface area contributed by atoms with Crippen molar-refractivity contribution >= 4 is 29.6 Å². The van der Waals surface area contributed by atoms with E-state index < -0.39 is 0 Å². The van der Waals surface area contributed by atoms with Gasteiger partial charge in [-0.2, -0.15) is 0 Å². The first-order chi connectivity index (χ1) is 0. The van der Waals surface area contributed by atoms with Crippen molar-refractivity contribution in [1.82, 2.24) is 0 Å². The zero-order valence-corrected chi connectivity index (χ0v) is 8.54. The van der Waals surface area contributed by atoms with Gasteiger partial charge in [-0.05, 0) is 0 Å². The fraction of sp³-hybridized carbons (Fsp3) is 0. The second kappa shape index (κ2) is 26.3. The summed E-state index contributed by atoms with van der Waals surface area (Å²) in [6.45, 7) is 0. The van der Waals surface area contributed by atoms with Gasteiger partial charge in [-0.3, -0.25) is 0 Å². The van der Waals surface area contributed by atoms with Gasteiger partial charge in [0.2, 0.25) is 0 Å². The smallest absolute Gasteiger partial charge is 0 e. The number of hydrogen-bond acceptors (Lipinski definition) is 0. The van der Waals surface area contributed by atoms with Crippen LogP contribution in [0.1, 0.15) is 0 Å². The van der Waals surface area contributed by atoms with Crippen LogP contribution in [-0.2, 0) is 75.3 Å². The normalized spacial score (nSPS) is 0. The molecule has 0 aliphatic heterocycles. The fourth-order valence-corrected chi connectivity index (χ4v) is 0. The predicted molar refractivity (Wildman–Crippen MR) is 7.15 cm³/mol. The molecule has 0 bridgehead atoms. The minimum absolute atomic E-state index is 0. The van der Waals surface area contributed by atoms with E-state index >= 15 is 0 Å². The first kappa shape index (κ1) is 40.0. The van der Waals surface area contributed by atoms with Gasteiger partial charge in [0.05, 0.1) is 0 Å². The van der Waals surface area contributed by atoms with Crippen LogP contribution in [0.4, 0.5) is 0 Å². The Labute approximate surface area is 103 Å². The molecule has 0 N–H and O–H groups in total. The molecule has 0 rings (SSSR count). The summed E-state index contributed by atoms with van der Waals surface area (Å²) >= 11 is 0. The first-order valence-electron chi connectivity index (χ1n) is 0. The second-order valence-electron chi connectivity index (χ2n) is 0. The molecule has 5 heteroatoms. The monoisotopic (exact) mass is 254 g/mol. The van der Waals surface area contributed by atoms with Gasteiger partial charge in [0.25, 0.3) is 0 Å². The summed E-state index contributed by atoms with van der Waals surface area (Å²) in [5, 5.41) is 0. The van der Waals surface area contributed by atoms with Crippen LogP contribution in [0.15, 0.2) is 0 Å². The summed E-state index contributed by atoms with van der Waals surface area (Å²) in [6, 6.07) is 0. The first-order valence-corrected chi connectivity index (χ1v) is 0. The summed E-state index contributed by atoms with van der Waals surface area (Å²) in [7, 11) is 0. The van der Waals surface area contributed by atoms with Gasteiger partial charge in [0.1, 0.15) is 0 Å². The van der Waals surface area contributed by atoms with Crippen LogP contribution in [0.3, 0.4) is 0 Å². The molecule has 0 heterocycles. The number of hydrogen-bond donors (Lipinski definition) is 0.